The van der Waals surface area contributed by atoms with E-state index in [0.29, 0.717) is 15.6 Å². The number of carbonyl (C=O) groups is 1. The number of carboxylic acids is 1. The zero-order valence-corrected chi connectivity index (χ0v) is 12.1. The van der Waals surface area contributed by atoms with Gasteiger partial charge < -0.3 is 5.11 Å². The zero-order chi connectivity index (χ0) is 14.5. The van der Waals surface area contributed by atoms with E-state index in [1.807, 2.05) is 49.4 Å². The molecule has 0 amide bonds. The quantitative estimate of drug-likeness (QED) is 0.854. The van der Waals surface area contributed by atoms with Crippen molar-refractivity contribution < 1.29 is 9.90 Å². The molecule has 0 radical (unpaired) electrons. The Morgan fingerprint density at radius 1 is 1.30 bits per heavy atom. The number of benzene rings is 1. The van der Waals surface area contributed by atoms with Gasteiger partial charge in [0.25, 0.3) is 0 Å². The van der Waals surface area contributed by atoms with Crippen LogP contribution in [0.2, 0.25) is 0 Å². The van der Waals surface area contributed by atoms with Crippen molar-refractivity contribution in [3.63, 3.8) is 0 Å². The monoisotopic (exact) mass is 285 g/mol. The van der Waals surface area contributed by atoms with Crippen LogP contribution in [-0.4, -0.2) is 16.1 Å². The molecule has 1 heterocycles. The summed E-state index contributed by atoms with van der Waals surface area (Å²) in [5, 5.41) is 9.70. The van der Waals surface area contributed by atoms with Gasteiger partial charge in [0, 0.05) is 0 Å². The summed E-state index contributed by atoms with van der Waals surface area (Å²) in [7, 11) is 0. The summed E-state index contributed by atoms with van der Waals surface area (Å²) in [6, 6.07) is 10.0. The maximum atomic E-state index is 10.9. The summed E-state index contributed by atoms with van der Waals surface area (Å²) in [5.41, 5.74) is 2.78. The van der Waals surface area contributed by atoms with Crippen LogP contribution in [0.5, 0.6) is 0 Å². The second kappa shape index (κ2) is 6.30. The highest BCUT2D eigenvalue weighted by Crippen LogP contribution is 2.20. The predicted octanol–water partition coefficient (Wildman–Crippen LogP) is 4.27. The van der Waals surface area contributed by atoms with E-state index >= 15 is 0 Å². The first-order valence-corrected chi connectivity index (χ1v) is 7.00. The van der Waals surface area contributed by atoms with Gasteiger partial charge >= 0.3 is 5.97 Å². The number of thiazole rings is 1. The largest absolute Gasteiger partial charge is 0.477 e. The standard InChI is InChI=1S/C16H15NO2S/c1-11(10-13-6-4-3-5-7-13)8-9-14-17-12(2)15(20-14)16(18)19/h3-10H,1-2H3,(H,18,19)/b9-8-,11-10-. The lowest BCUT2D eigenvalue weighted by Gasteiger charge is -1.94. The van der Waals surface area contributed by atoms with Crippen LogP contribution in [0, 0.1) is 6.92 Å². The van der Waals surface area contributed by atoms with Gasteiger partial charge in [-0.1, -0.05) is 48.1 Å². The Hall–Kier alpha value is -2.20. The molecule has 1 aromatic heterocycles. The van der Waals surface area contributed by atoms with E-state index in [1.165, 1.54) is 11.3 Å². The Labute approximate surface area is 121 Å². The van der Waals surface area contributed by atoms with Gasteiger partial charge in [0.15, 0.2) is 0 Å². The Morgan fingerprint density at radius 3 is 2.60 bits per heavy atom. The average Bonchev–Trinajstić information content (AvgIpc) is 2.79. The predicted molar refractivity (Wildman–Crippen MR) is 82.9 cm³/mol. The fourth-order valence-electron chi connectivity index (χ4n) is 1.75. The van der Waals surface area contributed by atoms with Gasteiger partial charge in [0.1, 0.15) is 9.88 Å². The third-order valence-corrected chi connectivity index (χ3v) is 3.80. The number of rotatable bonds is 4. The first-order chi connectivity index (χ1) is 9.56. The van der Waals surface area contributed by atoms with Crippen molar-refractivity contribution >= 4 is 29.5 Å². The van der Waals surface area contributed by atoms with Crippen molar-refractivity contribution in [3.8, 4) is 0 Å². The van der Waals surface area contributed by atoms with Crippen LogP contribution in [0.3, 0.4) is 0 Å². The molecule has 0 aliphatic heterocycles. The Morgan fingerprint density at radius 2 is 2.00 bits per heavy atom. The number of aryl methyl sites for hydroxylation is 1. The molecule has 4 heteroatoms. The lowest BCUT2D eigenvalue weighted by Crippen LogP contribution is -1.94. The van der Waals surface area contributed by atoms with E-state index in [4.69, 9.17) is 5.11 Å². The molecule has 2 rings (SSSR count). The zero-order valence-electron chi connectivity index (χ0n) is 11.3. The van der Waals surface area contributed by atoms with Crippen molar-refractivity contribution in [2.75, 3.05) is 0 Å². The molecule has 0 saturated heterocycles. The van der Waals surface area contributed by atoms with Gasteiger partial charge in [-0.3, -0.25) is 0 Å². The highest BCUT2D eigenvalue weighted by Gasteiger charge is 2.12. The van der Waals surface area contributed by atoms with E-state index in [9.17, 15) is 4.79 Å². The van der Waals surface area contributed by atoms with Crippen molar-refractivity contribution in [2.45, 2.75) is 13.8 Å². The van der Waals surface area contributed by atoms with Crippen LogP contribution in [0.4, 0.5) is 0 Å². The summed E-state index contributed by atoms with van der Waals surface area (Å²) in [6.45, 7) is 3.71. The fraction of sp³-hybridized carbons (Fsp3) is 0.125. The van der Waals surface area contributed by atoms with E-state index in [0.717, 1.165) is 11.1 Å². The van der Waals surface area contributed by atoms with E-state index in [2.05, 4.69) is 11.1 Å². The molecular weight excluding hydrogens is 270 g/mol. The molecule has 1 N–H and O–H groups in total. The summed E-state index contributed by atoms with van der Waals surface area (Å²) < 4.78 is 0. The van der Waals surface area contributed by atoms with Gasteiger partial charge in [0.05, 0.1) is 5.69 Å². The summed E-state index contributed by atoms with van der Waals surface area (Å²) in [4.78, 5) is 15.5. The number of allylic oxidation sites excluding steroid dienone is 2. The Balaban J connectivity index is 2.15. The SMILES string of the molecule is CC(/C=C\c1nc(C)c(C(=O)O)s1)=C/c1ccccc1. The number of carboxylic acid groups (broad SMARTS) is 1. The molecule has 0 bridgehead atoms. The Kier molecular flexibility index (Phi) is 4.48. The topological polar surface area (TPSA) is 50.2 Å². The third-order valence-electron chi connectivity index (χ3n) is 2.69. The molecule has 2 aromatic rings. The lowest BCUT2D eigenvalue weighted by atomic mass is 10.1. The first kappa shape index (κ1) is 14.2. The number of hydrogen-bond acceptors (Lipinski definition) is 3. The van der Waals surface area contributed by atoms with Gasteiger partial charge in [-0.05, 0) is 25.5 Å². The molecule has 0 saturated carbocycles. The summed E-state index contributed by atoms with van der Waals surface area (Å²) in [5.74, 6) is -0.920. The highest BCUT2D eigenvalue weighted by molar-refractivity contribution is 7.14. The van der Waals surface area contributed by atoms with Crippen molar-refractivity contribution in [1.82, 2.24) is 4.98 Å². The molecule has 20 heavy (non-hydrogen) atoms. The maximum Gasteiger partial charge on any atom is 0.347 e. The average molecular weight is 285 g/mol. The van der Waals surface area contributed by atoms with Gasteiger partial charge in [0.2, 0.25) is 0 Å². The summed E-state index contributed by atoms with van der Waals surface area (Å²) in [6.07, 6.45) is 5.85. The van der Waals surface area contributed by atoms with E-state index in [-0.39, 0.29) is 0 Å². The third kappa shape index (κ3) is 3.65. The molecule has 0 aliphatic rings. The van der Waals surface area contributed by atoms with Crippen LogP contribution >= 0.6 is 11.3 Å². The van der Waals surface area contributed by atoms with Crippen molar-refractivity contribution in [2.24, 2.45) is 0 Å². The second-order valence-electron chi connectivity index (χ2n) is 4.40. The minimum Gasteiger partial charge on any atom is -0.477 e. The molecule has 3 nitrogen and oxygen atoms in total. The Bertz CT molecular complexity index is 669. The molecule has 0 fully saturated rings. The minimum absolute atomic E-state index is 0.300. The van der Waals surface area contributed by atoms with E-state index < -0.39 is 5.97 Å². The number of aromatic carboxylic acids is 1. The van der Waals surface area contributed by atoms with Gasteiger partial charge in [-0.25, -0.2) is 9.78 Å². The fourth-order valence-corrected chi connectivity index (χ4v) is 2.56. The minimum atomic E-state index is -0.920. The van der Waals surface area contributed by atoms with Crippen LogP contribution < -0.4 is 0 Å². The van der Waals surface area contributed by atoms with Crippen molar-refractivity contribution in [3.05, 3.63) is 63.1 Å². The van der Waals surface area contributed by atoms with E-state index in [1.54, 1.807) is 6.92 Å². The molecule has 0 aliphatic carbocycles. The van der Waals surface area contributed by atoms with Crippen LogP contribution in [-0.2, 0) is 0 Å². The van der Waals surface area contributed by atoms with Crippen molar-refractivity contribution in [1.29, 1.82) is 0 Å². The molecule has 0 atom stereocenters. The number of nitrogens with zero attached hydrogens (tertiary/aromatic N) is 1. The molecule has 0 unspecified atom stereocenters. The second-order valence-corrected chi connectivity index (χ2v) is 5.43. The number of hydrogen-bond donors (Lipinski definition) is 1. The number of aromatic nitrogens is 1. The normalized spacial score (nSPS) is 12.0. The molecular formula is C16H15NO2S. The molecule has 1 aromatic carbocycles. The molecule has 0 spiro atoms. The van der Waals surface area contributed by atoms with Gasteiger partial charge in [-0.15, -0.1) is 11.3 Å². The van der Waals surface area contributed by atoms with Gasteiger partial charge in [-0.2, -0.15) is 0 Å². The highest BCUT2D eigenvalue weighted by atomic mass is 32.1. The maximum absolute atomic E-state index is 10.9. The smallest absolute Gasteiger partial charge is 0.347 e. The summed E-state index contributed by atoms with van der Waals surface area (Å²) >= 11 is 1.19. The van der Waals surface area contributed by atoms with Crippen LogP contribution in [0.25, 0.3) is 12.2 Å². The van der Waals surface area contributed by atoms with Crippen LogP contribution in [0.15, 0.2) is 42.0 Å². The van der Waals surface area contributed by atoms with Crippen LogP contribution in [0.1, 0.15) is 32.9 Å². The first-order valence-electron chi connectivity index (χ1n) is 6.18. The molecule has 102 valence electrons. The lowest BCUT2D eigenvalue weighted by molar-refractivity contribution is 0.0701.